The van der Waals surface area contributed by atoms with E-state index in [0.29, 0.717) is 0 Å². The fourth-order valence-electron chi connectivity index (χ4n) is 1.98. The molecule has 92 valence electrons. The van der Waals surface area contributed by atoms with Gasteiger partial charge in [0.25, 0.3) is 0 Å². The van der Waals surface area contributed by atoms with E-state index < -0.39 is 0 Å². The van der Waals surface area contributed by atoms with Crippen LogP contribution in [0.5, 0.6) is 0 Å². The van der Waals surface area contributed by atoms with Crippen LogP contribution >= 0.6 is 0 Å². The zero-order valence-corrected chi connectivity index (χ0v) is 11.3. The number of fused-ring (bicyclic) bond motifs is 1. The summed E-state index contributed by atoms with van der Waals surface area (Å²) < 4.78 is 5.86. The van der Waals surface area contributed by atoms with Crippen LogP contribution in [0.4, 0.5) is 0 Å². The normalized spacial score (nSPS) is 12.3. The van der Waals surface area contributed by atoms with Crippen LogP contribution in [-0.4, -0.2) is 5.54 Å². The molecular weight excluding hydrogens is 210 g/mol. The monoisotopic (exact) mass is 231 g/mol. The first-order valence-corrected chi connectivity index (χ1v) is 6.10. The summed E-state index contributed by atoms with van der Waals surface area (Å²) in [6.45, 7) is 11.5. The van der Waals surface area contributed by atoms with Gasteiger partial charge in [-0.05, 0) is 57.9 Å². The smallest absolute Gasteiger partial charge is 0.134 e. The minimum Gasteiger partial charge on any atom is -0.460 e. The summed E-state index contributed by atoms with van der Waals surface area (Å²) in [6, 6.07) is 6.44. The quantitative estimate of drug-likeness (QED) is 0.847. The van der Waals surface area contributed by atoms with E-state index in [1.807, 2.05) is 0 Å². The Labute approximate surface area is 103 Å². The second kappa shape index (κ2) is 4.19. The van der Waals surface area contributed by atoms with Gasteiger partial charge in [0.05, 0.1) is 6.54 Å². The highest BCUT2D eigenvalue weighted by Gasteiger charge is 2.11. The lowest BCUT2D eigenvalue weighted by Crippen LogP contribution is -2.34. The summed E-state index contributed by atoms with van der Waals surface area (Å²) in [5.74, 6) is 1.00. The van der Waals surface area contributed by atoms with Gasteiger partial charge in [-0.15, -0.1) is 0 Å². The number of hydrogen-bond acceptors (Lipinski definition) is 2. The van der Waals surface area contributed by atoms with Crippen molar-refractivity contribution in [3.05, 3.63) is 35.1 Å². The van der Waals surface area contributed by atoms with Gasteiger partial charge in [0.15, 0.2) is 0 Å². The van der Waals surface area contributed by atoms with Gasteiger partial charge >= 0.3 is 0 Å². The molecule has 0 bridgehead atoms. The number of nitrogens with one attached hydrogen (secondary N) is 1. The van der Waals surface area contributed by atoms with Gasteiger partial charge in [0.1, 0.15) is 11.3 Å². The van der Waals surface area contributed by atoms with Gasteiger partial charge in [0, 0.05) is 10.9 Å². The molecule has 17 heavy (non-hydrogen) atoms. The largest absolute Gasteiger partial charge is 0.460 e. The Balaban J connectivity index is 2.29. The highest BCUT2D eigenvalue weighted by atomic mass is 16.3. The zero-order valence-electron chi connectivity index (χ0n) is 11.3. The molecule has 0 atom stereocenters. The minimum atomic E-state index is 0.115. The maximum Gasteiger partial charge on any atom is 0.134 e. The van der Waals surface area contributed by atoms with Gasteiger partial charge in [-0.2, -0.15) is 0 Å². The topological polar surface area (TPSA) is 25.2 Å². The number of furan rings is 1. The van der Waals surface area contributed by atoms with Crippen molar-refractivity contribution in [3.63, 3.8) is 0 Å². The molecule has 1 N–H and O–H groups in total. The fourth-order valence-corrected chi connectivity index (χ4v) is 1.98. The fraction of sp³-hybridized carbons (Fsp3) is 0.467. The molecular formula is C15H21NO. The molecule has 2 heteroatoms. The molecule has 0 amide bonds. The van der Waals surface area contributed by atoms with Crippen molar-refractivity contribution in [2.24, 2.45) is 0 Å². The van der Waals surface area contributed by atoms with Crippen molar-refractivity contribution in [2.75, 3.05) is 0 Å². The summed E-state index contributed by atoms with van der Waals surface area (Å²) in [7, 11) is 0. The lowest BCUT2D eigenvalue weighted by Gasteiger charge is -2.19. The van der Waals surface area contributed by atoms with E-state index in [1.54, 1.807) is 0 Å². The van der Waals surface area contributed by atoms with Crippen LogP contribution in [0.15, 0.2) is 22.6 Å². The molecule has 0 saturated heterocycles. The van der Waals surface area contributed by atoms with E-state index in [0.717, 1.165) is 17.9 Å². The molecule has 1 aromatic heterocycles. The number of aryl methyl sites for hydroxylation is 2. The van der Waals surface area contributed by atoms with Crippen molar-refractivity contribution in [1.82, 2.24) is 5.32 Å². The highest BCUT2D eigenvalue weighted by molar-refractivity contribution is 5.82. The minimum absolute atomic E-state index is 0.115. The summed E-state index contributed by atoms with van der Waals surface area (Å²) in [4.78, 5) is 0. The van der Waals surface area contributed by atoms with Crippen LogP contribution in [0.1, 0.15) is 37.7 Å². The van der Waals surface area contributed by atoms with Crippen LogP contribution < -0.4 is 5.32 Å². The third kappa shape index (κ3) is 2.89. The average Bonchev–Trinajstić information content (AvgIpc) is 2.56. The highest BCUT2D eigenvalue weighted by Crippen LogP contribution is 2.24. The Kier molecular flexibility index (Phi) is 3.00. The molecule has 0 aliphatic heterocycles. The average molecular weight is 231 g/mol. The van der Waals surface area contributed by atoms with Crippen LogP contribution in [-0.2, 0) is 6.54 Å². The first-order valence-electron chi connectivity index (χ1n) is 6.10. The molecule has 2 nitrogen and oxygen atoms in total. The SMILES string of the molecule is Cc1cc(C)c2cc(CNC(C)(C)C)oc2c1. The Morgan fingerprint density at radius 3 is 2.47 bits per heavy atom. The summed E-state index contributed by atoms with van der Waals surface area (Å²) in [6.07, 6.45) is 0. The van der Waals surface area contributed by atoms with Crippen LogP contribution in [0.3, 0.4) is 0 Å². The predicted molar refractivity (Wildman–Crippen MR) is 72.3 cm³/mol. The molecule has 0 spiro atoms. The first kappa shape index (κ1) is 12.2. The van der Waals surface area contributed by atoms with Crippen molar-refractivity contribution in [1.29, 1.82) is 0 Å². The standard InChI is InChI=1S/C15H21NO/c1-10-6-11(2)13-8-12(17-14(13)7-10)9-16-15(3,4)5/h6-8,16H,9H2,1-5H3. The molecule has 0 radical (unpaired) electrons. The van der Waals surface area contributed by atoms with Crippen LogP contribution in [0, 0.1) is 13.8 Å². The van der Waals surface area contributed by atoms with Gasteiger partial charge in [-0.1, -0.05) is 6.07 Å². The second-order valence-electron chi connectivity index (χ2n) is 5.81. The van der Waals surface area contributed by atoms with E-state index in [4.69, 9.17) is 4.42 Å². The summed E-state index contributed by atoms with van der Waals surface area (Å²) >= 11 is 0. The lowest BCUT2D eigenvalue weighted by atomic mass is 10.1. The van der Waals surface area contributed by atoms with E-state index in [-0.39, 0.29) is 5.54 Å². The van der Waals surface area contributed by atoms with E-state index in [9.17, 15) is 0 Å². The van der Waals surface area contributed by atoms with Crippen molar-refractivity contribution >= 4 is 11.0 Å². The van der Waals surface area contributed by atoms with E-state index in [2.05, 4.69) is 58.1 Å². The number of hydrogen-bond donors (Lipinski definition) is 1. The molecule has 1 aromatic carbocycles. The van der Waals surface area contributed by atoms with Crippen molar-refractivity contribution < 1.29 is 4.42 Å². The molecule has 0 aliphatic rings. The van der Waals surface area contributed by atoms with Gasteiger partial charge in [-0.3, -0.25) is 0 Å². The summed E-state index contributed by atoms with van der Waals surface area (Å²) in [5.41, 5.74) is 3.64. The Morgan fingerprint density at radius 2 is 1.82 bits per heavy atom. The number of rotatable bonds is 2. The third-order valence-electron chi connectivity index (χ3n) is 2.83. The maximum atomic E-state index is 5.86. The van der Waals surface area contributed by atoms with E-state index >= 15 is 0 Å². The molecule has 0 aliphatic carbocycles. The van der Waals surface area contributed by atoms with Crippen LogP contribution in [0.2, 0.25) is 0 Å². The van der Waals surface area contributed by atoms with Crippen molar-refractivity contribution in [3.8, 4) is 0 Å². The molecule has 2 rings (SSSR count). The molecule has 2 aromatic rings. The maximum absolute atomic E-state index is 5.86. The second-order valence-corrected chi connectivity index (χ2v) is 5.81. The first-order chi connectivity index (χ1) is 7.85. The van der Waals surface area contributed by atoms with Crippen molar-refractivity contribution in [2.45, 2.75) is 46.7 Å². The lowest BCUT2D eigenvalue weighted by molar-refractivity contribution is 0.395. The molecule has 1 heterocycles. The van der Waals surface area contributed by atoms with Crippen LogP contribution in [0.25, 0.3) is 11.0 Å². The Morgan fingerprint density at radius 1 is 1.12 bits per heavy atom. The third-order valence-corrected chi connectivity index (χ3v) is 2.83. The van der Waals surface area contributed by atoms with Gasteiger partial charge < -0.3 is 9.73 Å². The van der Waals surface area contributed by atoms with E-state index in [1.165, 1.54) is 16.5 Å². The molecule has 0 saturated carbocycles. The Hall–Kier alpha value is -1.28. The predicted octanol–water partition coefficient (Wildman–Crippen LogP) is 3.94. The zero-order chi connectivity index (χ0) is 12.6. The molecule has 0 fully saturated rings. The van der Waals surface area contributed by atoms with Gasteiger partial charge in [-0.25, -0.2) is 0 Å². The number of benzene rings is 1. The molecule has 0 unspecified atom stereocenters. The summed E-state index contributed by atoms with van der Waals surface area (Å²) in [5, 5.41) is 4.66. The van der Waals surface area contributed by atoms with Gasteiger partial charge in [0.2, 0.25) is 0 Å². The Bertz CT molecular complexity index is 532.